The third-order valence-corrected chi connectivity index (χ3v) is 4.79. The van der Waals surface area contributed by atoms with Crippen molar-refractivity contribution in [2.75, 3.05) is 4.72 Å². The van der Waals surface area contributed by atoms with E-state index in [1.54, 1.807) is 30.3 Å². The van der Waals surface area contributed by atoms with Crippen molar-refractivity contribution in [1.82, 2.24) is 10.2 Å². The van der Waals surface area contributed by atoms with Gasteiger partial charge >= 0.3 is 0 Å². The van der Waals surface area contributed by atoms with Gasteiger partial charge in [-0.05, 0) is 30.3 Å². The van der Waals surface area contributed by atoms with Crippen LogP contribution in [-0.4, -0.2) is 24.4 Å². The molecule has 0 fully saturated rings. The van der Waals surface area contributed by atoms with E-state index >= 15 is 0 Å². The molecule has 8 heteroatoms. The molecule has 0 saturated heterocycles. The fourth-order valence-electron chi connectivity index (χ4n) is 2.23. The molecule has 7 nitrogen and oxygen atoms in total. The highest BCUT2D eigenvalue weighted by Crippen LogP contribution is 2.18. The van der Waals surface area contributed by atoms with E-state index in [4.69, 9.17) is 0 Å². The molecule has 0 bridgehead atoms. The van der Waals surface area contributed by atoms with E-state index in [-0.39, 0.29) is 16.0 Å². The zero-order valence-electron chi connectivity index (χ0n) is 12.6. The van der Waals surface area contributed by atoms with Crippen LogP contribution in [0.15, 0.2) is 58.2 Å². The molecular weight excluding hydrogens is 330 g/mol. The lowest BCUT2D eigenvalue weighted by Gasteiger charge is -2.08. The summed E-state index contributed by atoms with van der Waals surface area (Å²) in [7, 11) is -3.86. The maximum Gasteiger partial charge on any atom is 0.261 e. The molecule has 122 valence electrons. The number of ketones is 1. The van der Waals surface area contributed by atoms with E-state index in [9.17, 15) is 18.0 Å². The molecule has 24 heavy (non-hydrogen) atoms. The van der Waals surface area contributed by atoms with Crippen LogP contribution < -0.4 is 10.2 Å². The van der Waals surface area contributed by atoms with Crippen molar-refractivity contribution >= 4 is 32.4 Å². The van der Waals surface area contributed by atoms with Gasteiger partial charge in [-0.2, -0.15) is 5.10 Å². The van der Waals surface area contributed by atoms with Gasteiger partial charge in [-0.15, -0.1) is 0 Å². The Bertz CT molecular complexity index is 1090. The highest BCUT2D eigenvalue weighted by molar-refractivity contribution is 7.92. The first kappa shape index (κ1) is 15.9. The van der Waals surface area contributed by atoms with Gasteiger partial charge in [-0.25, -0.2) is 8.42 Å². The average molecular weight is 343 g/mol. The number of H-pyrrole nitrogens is 1. The Morgan fingerprint density at radius 1 is 1.12 bits per heavy atom. The molecular formula is C16H13N3O4S. The summed E-state index contributed by atoms with van der Waals surface area (Å²) in [5.41, 5.74) is -0.101. The number of carbonyl (C=O) groups is 1. The van der Waals surface area contributed by atoms with Crippen molar-refractivity contribution in [2.45, 2.75) is 11.8 Å². The smallest absolute Gasteiger partial charge is 0.261 e. The Morgan fingerprint density at radius 2 is 1.83 bits per heavy atom. The quantitative estimate of drug-likeness (QED) is 0.704. The highest BCUT2D eigenvalue weighted by atomic mass is 32.2. The number of aromatic nitrogens is 2. The van der Waals surface area contributed by atoms with Crippen molar-refractivity contribution in [1.29, 1.82) is 0 Å². The first-order valence-corrected chi connectivity index (χ1v) is 8.48. The van der Waals surface area contributed by atoms with Crippen LogP contribution in [0.1, 0.15) is 17.4 Å². The number of benzene rings is 2. The van der Waals surface area contributed by atoms with Gasteiger partial charge in [0.1, 0.15) is 0 Å². The Kier molecular flexibility index (Phi) is 3.90. The van der Waals surface area contributed by atoms with Gasteiger partial charge in [0.25, 0.3) is 10.0 Å². The summed E-state index contributed by atoms with van der Waals surface area (Å²) in [6.07, 6.45) is 0. The fourth-order valence-corrected chi connectivity index (χ4v) is 3.31. The van der Waals surface area contributed by atoms with E-state index in [0.717, 1.165) is 0 Å². The lowest BCUT2D eigenvalue weighted by molar-refractivity contribution is 0.101. The van der Waals surface area contributed by atoms with Gasteiger partial charge in [0, 0.05) is 12.6 Å². The summed E-state index contributed by atoms with van der Waals surface area (Å²) in [4.78, 5) is 23.6. The van der Waals surface area contributed by atoms with Crippen molar-refractivity contribution in [3.05, 3.63) is 64.4 Å². The predicted molar refractivity (Wildman–Crippen MR) is 89.6 cm³/mol. The molecule has 0 aliphatic carbocycles. The van der Waals surface area contributed by atoms with Crippen LogP contribution in [0.25, 0.3) is 10.9 Å². The number of fused-ring (bicyclic) bond motifs is 1. The number of nitrogens with zero attached hydrogens (tertiary/aromatic N) is 1. The standard InChI is InChI=1S/C16H13N3O4S/c1-10(20)15-16(21)13-9-12(7-8-14(13)17-18-15)24(22,23)19-11-5-3-2-4-6-11/h2-9,19H,1H3,(H,17,21). The minimum atomic E-state index is -3.86. The van der Waals surface area contributed by atoms with Gasteiger partial charge in [-0.3, -0.25) is 19.4 Å². The third kappa shape index (κ3) is 2.91. The first-order valence-electron chi connectivity index (χ1n) is 7.00. The summed E-state index contributed by atoms with van der Waals surface area (Å²) in [5.74, 6) is -0.492. The second-order valence-corrected chi connectivity index (χ2v) is 6.82. The lowest BCUT2D eigenvalue weighted by Crippen LogP contribution is -2.18. The molecule has 0 aliphatic heterocycles. The van der Waals surface area contributed by atoms with Crippen molar-refractivity contribution in [3.63, 3.8) is 0 Å². The van der Waals surface area contributed by atoms with E-state index in [2.05, 4.69) is 14.9 Å². The van der Waals surface area contributed by atoms with E-state index in [0.29, 0.717) is 11.2 Å². The molecule has 3 aromatic rings. The summed E-state index contributed by atoms with van der Waals surface area (Å²) >= 11 is 0. The van der Waals surface area contributed by atoms with Crippen molar-refractivity contribution in [3.8, 4) is 0 Å². The predicted octanol–water partition coefficient (Wildman–Crippen LogP) is 1.93. The molecule has 2 N–H and O–H groups in total. The highest BCUT2D eigenvalue weighted by Gasteiger charge is 2.17. The van der Waals surface area contributed by atoms with E-state index in [1.807, 2.05) is 0 Å². The molecule has 0 unspecified atom stereocenters. The zero-order chi connectivity index (χ0) is 17.3. The second kappa shape index (κ2) is 5.89. The van der Waals surface area contributed by atoms with Gasteiger partial charge in [0.05, 0.1) is 15.8 Å². The maximum absolute atomic E-state index is 12.5. The van der Waals surface area contributed by atoms with Gasteiger partial charge in [0.2, 0.25) is 5.43 Å². The van der Waals surface area contributed by atoms with Crippen LogP contribution in [0.4, 0.5) is 5.69 Å². The molecule has 0 aliphatic rings. The number of para-hydroxylation sites is 1. The number of anilines is 1. The first-order chi connectivity index (χ1) is 11.4. The van der Waals surface area contributed by atoms with Crippen LogP contribution in [0, 0.1) is 0 Å². The SMILES string of the molecule is CC(=O)c1n[nH]c2ccc(S(=O)(=O)Nc3ccccc3)cc2c1=O. The minimum Gasteiger partial charge on any atom is -0.293 e. The number of nitrogens with one attached hydrogen (secondary N) is 2. The number of Topliss-reactive ketones (excluding diaryl/α,β-unsaturated/α-hetero) is 1. The number of aromatic amines is 1. The molecule has 0 radical (unpaired) electrons. The molecule has 0 amide bonds. The summed E-state index contributed by atoms with van der Waals surface area (Å²) in [6.45, 7) is 1.22. The van der Waals surface area contributed by atoms with Crippen LogP contribution in [0.5, 0.6) is 0 Å². The minimum absolute atomic E-state index is 0.0787. The molecule has 1 heterocycles. The molecule has 1 aromatic heterocycles. The summed E-state index contributed by atoms with van der Waals surface area (Å²) in [6, 6.07) is 12.4. The van der Waals surface area contributed by atoms with Gasteiger partial charge in [-0.1, -0.05) is 18.2 Å². The molecule has 0 spiro atoms. The maximum atomic E-state index is 12.5. The van der Waals surface area contributed by atoms with Gasteiger partial charge < -0.3 is 0 Å². The van der Waals surface area contributed by atoms with Crippen LogP contribution in [-0.2, 0) is 10.0 Å². The lowest BCUT2D eigenvalue weighted by atomic mass is 10.2. The number of rotatable bonds is 4. The van der Waals surface area contributed by atoms with Crippen LogP contribution in [0.3, 0.4) is 0 Å². The van der Waals surface area contributed by atoms with Crippen molar-refractivity contribution < 1.29 is 13.2 Å². The molecule has 0 atom stereocenters. The normalized spacial score (nSPS) is 11.4. The van der Waals surface area contributed by atoms with Crippen molar-refractivity contribution in [2.24, 2.45) is 0 Å². The Balaban J connectivity index is 2.11. The largest absolute Gasteiger partial charge is 0.293 e. The molecule has 2 aromatic carbocycles. The second-order valence-electron chi connectivity index (χ2n) is 5.14. The monoisotopic (exact) mass is 343 g/mol. The van der Waals surface area contributed by atoms with Gasteiger partial charge in [0.15, 0.2) is 11.5 Å². The number of sulfonamides is 1. The third-order valence-electron chi connectivity index (χ3n) is 3.41. The number of hydrogen-bond donors (Lipinski definition) is 2. The topological polar surface area (TPSA) is 109 Å². The van der Waals surface area contributed by atoms with E-state index in [1.165, 1.54) is 25.1 Å². The molecule has 0 saturated carbocycles. The summed E-state index contributed by atoms with van der Waals surface area (Å²) < 4.78 is 27.4. The number of hydrogen-bond acceptors (Lipinski definition) is 5. The zero-order valence-corrected chi connectivity index (χ0v) is 13.4. The Labute approximate surface area is 137 Å². The Hall–Kier alpha value is -3.00. The van der Waals surface area contributed by atoms with Crippen LogP contribution >= 0.6 is 0 Å². The van der Waals surface area contributed by atoms with E-state index < -0.39 is 21.2 Å². The fraction of sp³-hybridized carbons (Fsp3) is 0.0625. The number of carbonyl (C=O) groups excluding carboxylic acids is 1. The molecule has 3 rings (SSSR count). The average Bonchev–Trinajstić information content (AvgIpc) is 2.55. The Morgan fingerprint density at radius 3 is 2.50 bits per heavy atom. The summed E-state index contributed by atoms with van der Waals surface area (Å²) in [5, 5.41) is 6.39. The van der Waals surface area contributed by atoms with Crippen LogP contribution in [0.2, 0.25) is 0 Å².